The molecule has 0 spiro atoms. The van der Waals surface area contributed by atoms with Gasteiger partial charge < -0.3 is 18.6 Å². The molecule has 5 aromatic rings. The molecule has 0 amide bonds. The van der Waals surface area contributed by atoms with Crippen LogP contribution in [0.15, 0.2) is 75.0 Å². The molecule has 0 saturated heterocycles. The van der Waals surface area contributed by atoms with Gasteiger partial charge in [0.1, 0.15) is 5.58 Å². The molecule has 0 fully saturated rings. The summed E-state index contributed by atoms with van der Waals surface area (Å²) in [6.45, 7) is 3.81. The van der Waals surface area contributed by atoms with Crippen molar-refractivity contribution >= 4 is 68.2 Å². The van der Waals surface area contributed by atoms with Crippen molar-refractivity contribution in [3.8, 4) is 23.1 Å². The Morgan fingerprint density at radius 3 is 2.77 bits per heavy atom. The maximum atomic E-state index is 13.6. The zero-order valence-electron chi connectivity index (χ0n) is 21.7. The largest absolute Gasteiger partial charge is 0.490 e. The summed E-state index contributed by atoms with van der Waals surface area (Å²) < 4.78 is 24.3. The van der Waals surface area contributed by atoms with E-state index in [2.05, 4.69) is 27.7 Å². The van der Waals surface area contributed by atoms with Crippen molar-refractivity contribution in [2.75, 3.05) is 13.7 Å². The number of hydrogen-bond donors (Lipinski definition) is 0. The minimum absolute atomic E-state index is 0.235. The van der Waals surface area contributed by atoms with E-state index in [0.717, 1.165) is 5.39 Å². The quantitative estimate of drug-likeness (QED) is 0.109. The number of carbonyl (C=O) groups is 1. The number of nitrogens with zero attached hydrogens (tertiary/aromatic N) is 3. The fraction of sp³-hybridized carbons (Fsp3) is 0.172. The first-order valence-corrected chi connectivity index (χ1v) is 13.7. The van der Waals surface area contributed by atoms with Crippen LogP contribution in [0.5, 0.6) is 11.5 Å². The summed E-state index contributed by atoms with van der Waals surface area (Å²) in [5.41, 5.74) is 1.39. The SMILES string of the molecule is CCOc1cc(C=Nn2c(-c3cc4cc(Cl)ccc4o3)nc3ccccc3c2=O)cc(I)c1O[C@@H](C)C(=O)OC. The molecule has 204 valence electrons. The molecule has 11 heteroatoms. The van der Waals surface area contributed by atoms with E-state index in [0.29, 0.717) is 54.5 Å². The minimum atomic E-state index is -0.833. The summed E-state index contributed by atoms with van der Waals surface area (Å²) in [6, 6.07) is 17.6. The van der Waals surface area contributed by atoms with Crippen LogP contribution in [0.4, 0.5) is 0 Å². The highest BCUT2D eigenvalue weighted by molar-refractivity contribution is 14.1. The third kappa shape index (κ3) is 5.54. The molecule has 0 bridgehead atoms. The molecule has 5 rings (SSSR count). The van der Waals surface area contributed by atoms with E-state index in [-0.39, 0.29) is 11.4 Å². The molecule has 40 heavy (non-hydrogen) atoms. The van der Waals surface area contributed by atoms with Gasteiger partial charge in [0.25, 0.3) is 5.56 Å². The van der Waals surface area contributed by atoms with Crippen LogP contribution in [0.3, 0.4) is 0 Å². The monoisotopic (exact) mass is 671 g/mol. The van der Waals surface area contributed by atoms with Gasteiger partial charge in [0.15, 0.2) is 23.4 Å². The fourth-order valence-electron chi connectivity index (χ4n) is 4.07. The predicted octanol–water partition coefficient (Wildman–Crippen LogP) is 6.29. The van der Waals surface area contributed by atoms with Crippen LogP contribution in [0, 0.1) is 3.57 Å². The zero-order valence-corrected chi connectivity index (χ0v) is 24.6. The standard InChI is InChI=1S/C29H23ClIN3O6/c1-4-38-24-12-17(11-21(31)26(24)39-16(2)29(36)37-3)15-32-34-27(33-22-8-6-5-7-20(22)28(34)35)25-14-18-13-19(30)9-10-23(18)40-25/h5-16H,4H2,1-3H3/t16-/m0/s1. The number of hydrogen-bond acceptors (Lipinski definition) is 8. The fourth-order valence-corrected chi connectivity index (χ4v) is 5.00. The summed E-state index contributed by atoms with van der Waals surface area (Å²) in [6.07, 6.45) is 0.694. The number of rotatable bonds is 8. The van der Waals surface area contributed by atoms with Crippen LogP contribution in [-0.2, 0) is 9.53 Å². The van der Waals surface area contributed by atoms with Gasteiger partial charge in [-0.25, -0.2) is 9.78 Å². The van der Waals surface area contributed by atoms with Crippen molar-refractivity contribution in [3.05, 3.63) is 85.2 Å². The molecular weight excluding hydrogens is 649 g/mol. The van der Waals surface area contributed by atoms with E-state index in [1.165, 1.54) is 18.0 Å². The molecule has 0 N–H and O–H groups in total. The molecular formula is C29H23ClIN3O6. The number of para-hydroxylation sites is 1. The third-order valence-corrected chi connectivity index (χ3v) is 6.97. The van der Waals surface area contributed by atoms with Crippen molar-refractivity contribution in [2.24, 2.45) is 5.10 Å². The number of benzene rings is 3. The molecule has 0 radical (unpaired) electrons. The molecule has 1 atom stereocenters. The average molecular weight is 672 g/mol. The van der Waals surface area contributed by atoms with E-state index in [1.807, 2.05) is 13.0 Å². The van der Waals surface area contributed by atoms with Crippen LogP contribution in [0.25, 0.3) is 33.5 Å². The van der Waals surface area contributed by atoms with Crippen LogP contribution < -0.4 is 15.0 Å². The van der Waals surface area contributed by atoms with E-state index in [9.17, 15) is 9.59 Å². The van der Waals surface area contributed by atoms with E-state index >= 15 is 0 Å². The summed E-state index contributed by atoms with van der Waals surface area (Å²) in [5, 5.41) is 6.27. The molecule has 0 aliphatic rings. The Bertz CT molecular complexity index is 1830. The van der Waals surface area contributed by atoms with Crippen molar-refractivity contribution in [1.29, 1.82) is 0 Å². The van der Waals surface area contributed by atoms with Crippen LogP contribution in [0.2, 0.25) is 5.02 Å². The lowest BCUT2D eigenvalue weighted by molar-refractivity contribution is -0.148. The van der Waals surface area contributed by atoms with E-state index in [1.54, 1.807) is 61.5 Å². The van der Waals surface area contributed by atoms with Gasteiger partial charge in [-0.2, -0.15) is 9.78 Å². The first kappa shape index (κ1) is 27.7. The van der Waals surface area contributed by atoms with Gasteiger partial charge in [0.2, 0.25) is 5.82 Å². The van der Waals surface area contributed by atoms with Gasteiger partial charge in [-0.15, -0.1) is 0 Å². The van der Waals surface area contributed by atoms with Gasteiger partial charge in [0, 0.05) is 10.4 Å². The molecule has 0 aliphatic carbocycles. The Hall–Kier alpha value is -3.90. The highest BCUT2D eigenvalue weighted by atomic mass is 127. The molecule has 0 aliphatic heterocycles. The Balaban J connectivity index is 1.61. The number of furan rings is 1. The number of carbonyl (C=O) groups excluding carboxylic acids is 1. The van der Waals surface area contributed by atoms with Crippen LogP contribution >= 0.6 is 34.2 Å². The lowest BCUT2D eigenvalue weighted by Gasteiger charge is -2.17. The van der Waals surface area contributed by atoms with Crippen molar-refractivity contribution in [3.63, 3.8) is 0 Å². The molecule has 2 aromatic heterocycles. The summed E-state index contributed by atoms with van der Waals surface area (Å²) in [4.78, 5) is 30.2. The Labute approximate surface area is 247 Å². The molecule has 2 heterocycles. The minimum Gasteiger partial charge on any atom is -0.490 e. The maximum Gasteiger partial charge on any atom is 0.346 e. The van der Waals surface area contributed by atoms with Crippen LogP contribution in [0.1, 0.15) is 19.4 Å². The number of ether oxygens (including phenoxy) is 3. The number of fused-ring (bicyclic) bond motifs is 2. The second-order valence-corrected chi connectivity index (χ2v) is 10.3. The van der Waals surface area contributed by atoms with E-state index in [4.69, 9.17) is 35.2 Å². The predicted molar refractivity (Wildman–Crippen MR) is 162 cm³/mol. The molecule has 0 saturated carbocycles. The lowest BCUT2D eigenvalue weighted by atomic mass is 10.2. The number of halogens is 2. The molecule has 0 unspecified atom stereocenters. The molecule has 9 nitrogen and oxygen atoms in total. The summed E-state index contributed by atoms with van der Waals surface area (Å²) >= 11 is 8.25. The van der Waals surface area contributed by atoms with Crippen molar-refractivity contribution in [2.45, 2.75) is 20.0 Å². The summed E-state index contributed by atoms with van der Waals surface area (Å²) in [5.74, 6) is 0.919. The number of methoxy groups -OCH3 is 1. The third-order valence-electron chi connectivity index (χ3n) is 5.93. The van der Waals surface area contributed by atoms with Crippen molar-refractivity contribution in [1.82, 2.24) is 9.66 Å². The van der Waals surface area contributed by atoms with E-state index < -0.39 is 12.1 Å². The molecule has 3 aromatic carbocycles. The number of aromatic nitrogens is 2. The smallest absolute Gasteiger partial charge is 0.346 e. The second-order valence-electron chi connectivity index (χ2n) is 8.65. The normalized spacial score (nSPS) is 12.2. The Morgan fingerprint density at radius 2 is 2.00 bits per heavy atom. The highest BCUT2D eigenvalue weighted by Crippen LogP contribution is 2.35. The Morgan fingerprint density at radius 1 is 1.20 bits per heavy atom. The zero-order chi connectivity index (χ0) is 28.4. The van der Waals surface area contributed by atoms with Gasteiger partial charge in [-0.05, 0) is 90.5 Å². The topological polar surface area (TPSA) is 105 Å². The number of esters is 1. The van der Waals surface area contributed by atoms with Crippen LogP contribution in [-0.4, -0.2) is 41.7 Å². The lowest BCUT2D eigenvalue weighted by Crippen LogP contribution is -2.25. The van der Waals surface area contributed by atoms with Gasteiger partial charge >= 0.3 is 5.97 Å². The first-order chi connectivity index (χ1) is 19.3. The second kappa shape index (κ2) is 11.7. The van der Waals surface area contributed by atoms with Gasteiger partial charge in [-0.1, -0.05) is 23.7 Å². The average Bonchev–Trinajstić information content (AvgIpc) is 3.37. The van der Waals surface area contributed by atoms with Crippen molar-refractivity contribution < 1.29 is 23.4 Å². The Kier molecular flexibility index (Phi) is 8.08. The van der Waals surface area contributed by atoms with Gasteiger partial charge in [-0.3, -0.25) is 4.79 Å². The maximum absolute atomic E-state index is 13.6. The summed E-state index contributed by atoms with van der Waals surface area (Å²) in [7, 11) is 1.30. The van der Waals surface area contributed by atoms with Gasteiger partial charge in [0.05, 0.1) is 34.4 Å². The first-order valence-electron chi connectivity index (χ1n) is 12.3. The highest BCUT2D eigenvalue weighted by Gasteiger charge is 2.21.